The largest absolute Gasteiger partial charge is 0.508 e. The van der Waals surface area contributed by atoms with Gasteiger partial charge in [-0.15, -0.1) is 0 Å². The standard InChI is InChI=1S/C16H24F3N4O6P.C6H6O/c1-7(2)28-13(25)8(3)22-30-27-5-10-11(24)16(19,6-17)14(29-10)23-4-9(18)12(20)21-15(23)26;7-6-4-2-1-3-5-6/h4,7-8,10-11,14,22,24,30H,5-6H2,1-3H3,(H2,20,21,26);1-5,7H/t8?,10?,11-,14?,16?;/m0./s1. The van der Waals surface area contributed by atoms with Crippen molar-refractivity contribution in [3.63, 3.8) is 0 Å². The summed E-state index contributed by atoms with van der Waals surface area (Å²) >= 11 is 0. The van der Waals surface area contributed by atoms with Gasteiger partial charge in [-0.3, -0.25) is 14.4 Å². The molecule has 1 aliphatic rings. The Morgan fingerprint density at radius 3 is 2.54 bits per heavy atom. The number of phenols is 1. The van der Waals surface area contributed by atoms with Gasteiger partial charge in [0.2, 0.25) is 5.67 Å². The number of anilines is 1. The third-order valence-electron chi connectivity index (χ3n) is 5.01. The van der Waals surface area contributed by atoms with Gasteiger partial charge in [-0.2, -0.15) is 4.98 Å². The van der Waals surface area contributed by atoms with E-state index in [4.69, 9.17) is 24.8 Å². The molecular formula is C22H30F3N4O7P. The topological polar surface area (TPSA) is 158 Å². The van der Waals surface area contributed by atoms with E-state index in [2.05, 4.69) is 10.1 Å². The first-order valence-corrected chi connectivity index (χ1v) is 12.0. The molecule has 3 rings (SSSR count). The number of para-hydroxylation sites is 1. The minimum atomic E-state index is -3.05. The van der Waals surface area contributed by atoms with Gasteiger partial charge in [0, 0.05) is 0 Å². The number of carbonyl (C=O) groups excluding carboxylic acids is 1. The fraction of sp³-hybridized carbons (Fsp3) is 0.500. The molecule has 2 aromatic rings. The summed E-state index contributed by atoms with van der Waals surface area (Å²) < 4.78 is 58.1. The predicted molar refractivity (Wildman–Crippen MR) is 129 cm³/mol. The highest BCUT2D eigenvalue weighted by Gasteiger charge is 2.59. The molecule has 0 amide bonds. The summed E-state index contributed by atoms with van der Waals surface area (Å²) in [5.74, 6) is -2.03. The van der Waals surface area contributed by atoms with Gasteiger partial charge in [0.05, 0.1) is 27.9 Å². The average Bonchev–Trinajstić information content (AvgIpc) is 3.10. The molecule has 0 saturated carbocycles. The van der Waals surface area contributed by atoms with Gasteiger partial charge in [0.15, 0.2) is 17.9 Å². The van der Waals surface area contributed by atoms with Crippen molar-refractivity contribution in [3.05, 3.63) is 52.8 Å². The number of nitrogens with zero attached hydrogens (tertiary/aromatic N) is 2. The molecule has 0 aliphatic carbocycles. The fourth-order valence-electron chi connectivity index (χ4n) is 3.08. The minimum Gasteiger partial charge on any atom is -0.508 e. The molecule has 2 heterocycles. The first-order chi connectivity index (χ1) is 17.4. The number of alkyl halides is 2. The van der Waals surface area contributed by atoms with E-state index in [9.17, 15) is 23.5 Å². The number of aromatic hydroxyl groups is 1. The second-order valence-electron chi connectivity index (χ2n) is 8.30. The molecule has 1 aliphatic heterocycles. The van der Waals surface area contributed by atoms with Crippen LogP contribution in [0.25, 0.3) is 0 Å². The van der Waals surface area contributed by atoms with Crippen molar-refractivity contribution in [1.29, 1.82) is 0 Å². The highest BCUT2D eigenvalue weighted by molar-refractivity contribution is 7.29. The van der Waals surface area contributed by atoms with Crippen molar-refractivity contribution in [2.45, 2.75) is 57.0 Å². The highest BCUT2D eigenvalue weighted by atomic mass is 31.1. The maximum absolute atomic E-state index is 15.1. The molecular weight excluding hydrogens is 520 g/mol. The molecule has 1 aromatic carbocycles. The summed E-state index contributed by atoms with van der Waals surface area (Å²) in [6.07, 6.45) is -5.15. The zero-order valence-corrected chi connectivity index (χ0v) is 21.3. The number of rotatable bonds is 9. The Morgan fingerprint density at radius 1 is 1.35 bits per heavy atom. The van der Waals surface area contributed by atoms with Crippen LogP contribution in [0.3, 0.4) is 0 Å². The predicted octanol–water partition coefficient (Wildman–Crippen LogP) is 1.75. The Hall–Kier alpha value is -2.77. The van der Waals surface area contributed by atoms with E-state index < -0.39 is 75.7 Å². The van der Waals surface area contributed by atoms with E-state index in [0.29, 0.717) is 16.5 Å². The lowest BCUT2D eigenvalue weighted by molar-refractivity contribution is -0.148. The van der Waals surface area contributed by atoms with E-state index in [-0.39, 0.29) is 6.10 Å². The Bertz CT molecular complexity index is 1080. The molecule has 1 saturated heterocycles. The van der Waals surface area contributed by atoms with Crippen molar-refractivity contribution >= 4 is 20.7 Å². The van der Waals surface area contributed by atoms with E-state index in [1.807, 2.05) is 6.07 Å². The van der Waals surface area contributed by atoms with Crippen molar-refractivity contribution in [1.82, 2.24) is 14.6 Å². The zero-order chi connectivity index (χ0) is 27.8. The number of hydrogen-bond acceptors (Lipinski definition) is 10. The Kier molecular flexibility index (Phi) is 11.3. The molecule has 6 atom stereocenters. The number of carbonyl (C=O) groups is 1. The van der Waals surface area contributed by atoms with Crippen LogP contribution >= 0.6 is 8.96 Å². The van der Waals surface area contributed by atoms with Gasteiger partial charge < -0.3 is 29.9 Å². The molecule has 0 bridgehead atoms. The van der Waals surface area contributed by atoms with Crippen LogP contribution in [-0.4, -0.2) is 69.0 Å². The SMILES string of the molecule is CC(C)OC(=O)C(C)NPOCC1OC(n2cc(F)c(N)nc2=O)C(F)(CF)[C@H]1O.Oc1ccccc1. The van der Waals surface area contributed by atoms with Crippen LogP contribution < -0.4 is 16.5 Å². The van der Waals surface area contributed by atoms with Crippen LogP contribution in [0.15, 0.2) is 41.3 Å². The van der Waals surface area contributed by atoms with E-state index in [1.54, 1.807) is 45.0 Å². The van der Waals surface area contributed by atoms with Crippen LogP contribution in [0.5, 0.6) is 5.75 Å². The van der Waals surface area contributed by atoms with Crippen LogP contribution in [0.2, 0.25) is 0 Å². The van der Waals surface area contributed by atoms with Gasteiger partial charge in [-0.05, 0) is 32.9 Å². The van der Waals surface area contributed by atoms with Gasteiger partial charge in [0.1, 0.15) is 30.7 Å². The molecule has 15 heteroatoms. The fourth-order valence-corrected chi connectivity index (χ4v) is 3.71. The number of benzene rings is 1. The molecule has 1 fully saturated rings. The minimum absolute atomic E-state index is 0.292. The van der Waals surface area contributed by atoms with Crippen LogP contribution in [-0.2, 0) is 18.8 Å². The zero-order valence-electron chi connectivity index (χ0n) is 20.3. The number of hydrogen-bond donors (Lipinski definition) is 4. The number of esters is 1. The maximum Gasteiger partial charge on any atom is 0.351 e. The number of aliphatic hydroxyl groups excluding tert-OH is 1. The van der Waals surface area contributed by atoms with Gasteiger partial charge in [-0.1, -0.05) is 18.2 Å². The Labute approximate surface area is 212 Å². The average molecular weight is 550 g/mol. The number of phenolic OH excluding ortho intramolecular Hbond substituents is 1. The van der Waals surface area contributed by atoms with Crippen molar-refractivity contribution < 1.29 is 42.2 Å². The summed E-state index contributed by atoms with van der Waals surface area (Å²) in [4.78, 5) is 26.8. The summed E-state index contributed by atoms with van der Waals surface area (Å²) in [5.41, 5.74) is 0.954. The summed E-state index contributed by atoms with van der Waals surface area (Å²) in [7, 11) is -0.462. The maximum atomic E-state index is 15.1. The molecule has 37 heavy (non-hydrogen) atoms. The van der Waals surface area contributed by atoms with Gasteiger partial charge in [0.25, 0.3) is 0 Å². The summed E-state index contributed by atoms with van der Waals surface area (Å²) in [5, 5.41) is 21.5. The number of nitrogens with two attached hydrogens (primary N) is 1. The Balaban J connectivity index is 0.000000591. The smallest absolute Gasteiger partial charge is 0.351 e. The van der Waals surface area contributed by atoms with Crippen LogP contribution in [0, 0.1) is 5.82 Å². The molecule has 0 radical (unpaired) electrons. The molecule has 0 spiro atoms. The monoisotopic (exact) mass is 550 g/mol. The van der Waals surface area contributed by atoms with Crippen molar-refractivity contribution in [3.8, 4) is 5.75 Å². The van der Waals surface area contributed by atoms with E-state index >= 15 is 4.39 Å². The van der Waals surface area contributed by atoms with E-state index in [0.717, 1.165) is 0 Å². The Morgan fingerprint density at radius 2 is 2.00 bits per heavy atom. The van der Waals surface area contributed by atoms with Crippen molar-refractivity contribution in [2.24, 2.45) is 0 Å². The first kappa shape index (κ1) is 30.5. The normalized spacial score (nSPS) is 24.2. The lowest BCUT2D eigenvalue weighted by Crippen LogP contribution is -2.47. The van der Waals surface area contributed by atoms with Crippen LogP contribution in [0.1, 0.15) is 27.0 Å². The first-order valence-electron chi connectivity index (χ1n) is 11.1. The third-order valence-corrected chi connectivity index (χ3v) is 5.87. The quantitative estimate of drug-likeness (QED) is 0.206. The molecule has 11 nitrogen and oxygen atoms in total. The molecule has 1 aromatic heterocycles. The van der Waals surface area contributed by atoms with E-state index in [1.165, 1.54) is 0 Å². The van der Waals surface area contributed by atoms with Crippen molar-refractivity contribution in [2.75, 3.05) is 19.0 Å². The second kappa shape index (κ2) is 13.7. The molecule has 5 N–H and O–H groups in total. The summed E-state index contributed by atoms with van der Waals surface area (Å²) in [6.45, 7) is 2.82. The molecule has 5 unspecified atom stereocenters. The lowest BCUT2D eigenvalue weighted by atomic mass is 9.97. The number of aromatic nitrogens is 2. The number of nitrogen functional groups attached to an aromatic ring is 1. The molecule has 206 valence electrons. The number of ether oxygens (including phenoxy) is 2. The second-order valence-corrected chi connectivity index (χ2v) is 9.08. The van der Waals surface area contributed by atoms with Gasteiger partial charge in [-0.25, -0.2) is 18.0 Å². The highest BCUT2D eigenvalue weighted by Crippen LogP contribution is 2.42. The summed E-state index contributed by atoms with van der Waals surface area (Å²) in [6, 6.07) is 8.02. The number of nitrogens with one attached hydrogen (secondary N) is 1. The number of halogens is 3. The lowest BCUT2D eigenvalue weighted by Gasteiger charge is -2.26. The van der Waals surface area contributed by atoms with Crippen LogP contribution in [0.4, 0.5) is 19.0 Å². The number of aliphatic hydroxyl groups is 1. The third kappa shape index (κ3) is 8.11. The van der Waals surface area contributed by atoms with Gasteiger partial charge >= 0.3 is 11.7 Å².